The van der Waals surface area contributed by atoms with E-state index >= 15 is 0 Å². The van der Waals surface area contributed by atoms with Crippen molar-refractivity contribution >= 4 is 28.1 Å². The summed E-state index contributed by atoms with van der Waals surface area (Å²) in [7, 11) is 0. The Morgan fingerprint density at radius 3 is 2.82 bits per heavy atom. The van der Waals surface area contributed by atoms with Gasteiger partial charge in [0.25, 0.3) is 5.91 Å². The first kappa shape index (κ1) is 29.8. The number of hydrogen-bond acceptors (Lipinski definition) is 6. The van der Waals surface area contributed by atoms with Crippen molar-refractivity contribution in [2.45, 2.75) is 65.8 Å². The minimum Gasteiger partial charge on any atom is -0.492 e. The maximum absolute atomic E-state index is 13.5. The molecule has 4 aromatic heterocycles. The number of imidazole rings is 1. The number of rotatable bonds is 9. The minimum absolute atomic E-state index is 0.233. The van der Waals surface area contributed by atoms with Crippen LogP contribution >= 0.6 is 0 Å². The standard InChI is InChI=1S/C35H43N7O2/c1-24(2)29-11-7-10-27(37-29)23-42-31-13-8-12-30(34(31)26(4)39-42)38-35(43)32-22-36-33-21-28(15-18-41(32)33)44-20-19-40-16-6-5-9-25(3)14-17-40/h7-8,10-13,15,18,21-22,24-25H,5-6,9,14,16-17,19-20,23H2,1-4H3,(H,38,43). The third-order valence-corrected chi connectivity index (χ3v) is 8.69. The van der Waals surface area contributed by atoms with Gasteiger partial charge in [0, 0.05) is 29.9 Å². The van der Waals surface area contributed by atoms with Crippen molar-refractivity contribution in [3.8, 4) is 5.75 Å². The van der Waals surface area contributed by atoms with Gasteiger partial charge in [0.1, 0.15) is 23.7 Å². The van der Waals surface area contributed by atoms with Crippen LogP contribution in [0.5, 0.6) is 5.75 Å². The zero-order valence-corrected chi connectivity index (χ0v) is 26.3. The van der Waals surface area contributed by atoms with Crippen molar-refractivity contribution < 1.29 is 9.53 Å². The van der Waals surface area contributed by atoms with E-state index in [9.17, 15) is 4.79 Å². The number of nitrogens with one attached hydrogen (secondary N) is 1. The number of carbonyl (C=O) groups excluding carboxylic acids is 1. The average Bonchev–Trinajstić information content (AvgIpc) is 3.57. The third-order valence-electron chi connectivity index (χ3n) is 8.69. The largest absolute Gasteiger partial charge is 0.492 e. The molecule has 1 N–H and O–H groups in total. The van der Waals surface area contributed by atoms with E-state index in [1.165, 1.54) is 25.7 Å². The molecule has 0 bridgehead atoms. The Labute approximate surface area is 259 Å². The van der Waals surface area contributed by atoms with Crippen molar-refractivity contribution in [1.29, 1.82) is 0 Å². The van der Waals surface area contributed by atoms with E-state index in [4.69, 9.17) is 14.8 Å². The van der Waals surface area contributed by atoms with Gasteiger partial charge in [0.15, 0.2) is 0 Å². The number of amides is 1. The second-order valence-corrected chi connectivity index (χ2v) is 12.4. The molecule has 1 atom stereocenters. The van der Waals surface area contributed by atoms with Gasteiger partial charge in [-0.3, -0.25) is 23.8 Å². The molecule has 1 amide bonds. The zero-order chi connectivity index (χ0) is 30.6. The van der Waals surface area contributed by atoms with Crippen LogP contribution < -0.4 is 10.1 Å². The summed E-state index contributed by atoms with van der Waals surface area (Å²) in [6.07, 6.45) is 8.64. The van der Waals surface area contributed by atoms with Gasteiger partial charge >= 0.3 is 0 Å². The number of fused-ring (bicyclic) bond motifs is 2. The molecule has 1 saturated heterocycles. The molecule has 6 rings (SSSR count). The molecular weight excluding hydrogens is 550 g/mol. The van der Waals surface area contributed by atoms with Gasteiger partial charge < -0.3 is 10.1 Å². The second-order valence-electron chi connectivity index (χ2n) is 12.4. The first-order valence-corrected chi connectivity index (χ1v) is 15.9. The Hall–Kier alpha value is -4.24. The molecule has 230 valence electrons. The van der Waals surface area contributed by atoms with Gasteiger partial charge in [-0.1, -0.05) is 45.7 Å². The fourth-order valence-corrected chi connectivity index (χ4v) is 6.12. The zero-order valence-electron chi connectivity index (χ0n) is 26.3. The Bertz CT molecular complexity index is 1750. The lowest BCUT2D eigenvalue weighted by Crippen LogP contribution is -2.32. The summed E-state index contributed by atoms with van der Waals surface area (Å²) in [5, 5.41) is 8.84. The van der Waals surface area contributed by atoms with Crippen LogP contribution in [0.1, 0.15) is 79.9 Å². The van der Waals surface area contributed by atoms with Gasteiger partial charge in [-0.15, -0.1) is 0 Å². The fourth-order valence-electron chi connectivity index (χ4n) is 6.12. The fraction of sp³-hybridized carbons (Fsp3) is 0.429. The summed E-state index contributed by atoms with van der Waals surface area (Å²) in [6.45, 7) is 13.0. The van der Waals surface area contributed by atoms with E-state index in [1.54, 1.807) is 10.6 Å². The summed E-state index contributed by atoms with van der Waals surface area (Å²) in [5.41, 5.74) is 5.66. The first-order chi connectivity index (χ1) is 21.4. The van der Waals surface area contributed by atoms with Gasteiger partial charge in [-0.25, -0.2) is 4.98 Å². The number of benzene rings is 1. The van der Waals surface area contributed by atoms with Crippen molar-refractivity contribution in [2.24, 2.45) is 5.92 Å². The quantitative estimate of drug-likeness (QED) is 0.205. The van der Waals surface area contributed by atoms with Crippen LogP contribution in [0.25, 0.3) is 16.6 Å². The van der Waals surface area contributed by atoms with Gasteiger partial charge in [0.2, 0.25) is 0 Å². The number of pyridine rings is 2. The van der Waals surface area contributed by atoms with Crippen LogP contribution in [-0.2, 0) is 6.54 Å². The van der Waals surface area contributed by atoms with Crippen LogP contribution in [0.15, 0.2) is 60.9 Å². The molecule has 44 heavy (non-hydrogen) atoms. The molecule has 1 aliphatic rings. The maximum Gasteiger partial charge on any atom is 0.274 e. The lowest BCUT2D eigenvalue weighted by molar-refractivity contribution is 0.102. The lowest BCUT2D eigenvalue weighted by Gasteiger charge is -2.26. The van der Waals surface area contributed by atoms with E-state index in [-0.39, 0.29) is 5.91 Å². The molecule has 1 fully saturated rings. The van der Waals surface area contributed by atoms with Crippen molar-refractivity contribution in [3.05, 3.63) is 83.7 Å². The predicted octanol–water partition coefficient (Wildman–Crippen LogP) is 6.70. The monoisotopic (exact) mass is 593 g/mol. The van der Waals surface area contributed by atoms with E-state index in [1.807, 2.05) is 60.3 Å². The molecule has 5 heterocycles. The third kappa shape index (κ3) is 6.63. The molecule has 0 spiro atoms. The average molecular weight is 594 g/mol. The highest BCUT2D eigenvalue weighted by molar-refractivity contribution is 6.08. The van der Waals surface area contributed by atoms with Crippen LogP contribution in [-0.4, -0.2) is 61.2 Å². The van der Waals surface area contributed by atoms with Crippen LogP contribution in [0, 0.1) is 12.8 Å². The molecule has 1 unspecified atom stereocenters. The molecule has 1 aromatic carbocycles. The molecular formula is C35H43N7O2. The van der Waals surface area contributed by atoms with E-state index in [0.717, 1.165) is 59.3 Å². The van der Waals surface area contributed by atoms with Crippen molar-refractivity contribution in [1.82, 2.24) is 29.0 Å². The minimum atomic E-state index is -0.233. The first-order valence-electron chi connectivity index (χ1n) is 15.9. The van der Waals surface area contributed by atoms with Crippen molar-refractivity contribution in [3.63, 3.8) is 0 Å². The smallest absolute Gasteiger partial charge is 0.274 e. The van der Waals surface area contributed by atoms with Gasteiger partial charge in [-0.2, -0.15) is 5.10 Å². The molecule has 0 saturated carbocycles. The highest BCUT2D eigenvalue weighted by Crippen LogP contribution is 2.28. The molecule has 9 heteroatoms. The van der Waals surface area contributed by atoms with Crippen LogP contribution in [0.3, 0.4) is 0 Å². The normalized spacial score (nSPS) is 16.3. The highest BCUT2D eigenvalue weighted by atomic mass is 16.5. The molecule has 5 aromatic rings. The Morgan fingerprint density at radius 1 is 1.09 bits per heavy atom. The predicted molar refractivity (Wildman–Crippen MR) is 175 cm³/mol. The number of aryl methyl sites for hydroxylation is 1. The molecule has 0 radical (unpaired) electrons. The van der Waals surface area contributed by atoms with Gasteiger partial charge in [0.05, 0.1) is 35.3 Å². The number of anilines is 1. The molecule has 1 aliphatic heterocycles. The van der Waals surface area contributed by atoms with Crippen LogP contribution in [0.2, 0.25) is 0 Å². The number of likely N-dealkylation sites (tertiary alicyclic amines) is 1. The number of carbonyl (C=O) groups is 1. The highest BCUT2D eigenvalue weighted by Gasteiger charge is 2.18. The summed E-state index contributed by atoms with van der Waals surface area (Å²) in [4.78, 5) is 25.3. The topological polar surface area (TPSA) is 89.6 Å². The molecule has 0 aliphatic carbocycles. The lowest BCUT2D eigenvalue weighted by atomic mass is 9.98. The van der Waals surface area contributed by atoms with E-state index < -0.39 is 0 Å². The maximum atomic E-state index is 13.5. The summed E-state index contributed by atoms with van der Waals surface area (Å²) < 4.78 is 9.85. The number of nitrogens with zero attached hydrogens (tertiary/aromatic N) is 6. The van der Waals surface area contributed by atoms with Gasteiger partial charge in [-0.05, 0) is 75.0 Å². The summed E-state index contributed by atoms with van der Waals surface area (Å²) >= 11 is 0. The molecule has 9 nitrogen and oxygen atoms in total. The number of ether oxygens (including phenoxy) is 1. The Morgan fingerprint density at radius 2 is 1.95 bits per heavy atom. The summed E-state index contributed by atoms with van der Waals surface area (Å²) in [5.74, 6) is 1.69. The Balaban J connectivity index is 1.14. The summed E-state index contributed by atoms with van der Waals surface area (Å²) in [6, 6.07) is 15.8. The van der Waals surface area contributed by atoms with E-state index in [0.29, 0.717) is 36.1 Å². The van der Waals surface area contributed by atoms with E-state index in [2.05, 4.69) is 42.0 Å². The van der Waals surface area contributed by atoms with Crippen molar-refractivity contribution in [2.75, 3.05) is 31.6 Å². The Kier molecular flexibility index (Phi) is 8.93. The SMILES string of the molecule is Cc1nn(Cc2cccc(C(C)C)n2)c2cccc(NC(=O)c3cnc4cc(OCCN5CCCCC(C)CC5)ccn34)c12. The van der Waals surface area contributed by atoms with Crippen LogP contribution in [0.4, 0.5) is 5.69 Å². The number of hydrogen-bond donors (Lipinski definition) is 1. The number of aromatic nitrogens is 5. The second kappa shape index (κ2) is 13.2.